The first kappa shape index (κ1) is 16.7. The summed E-state index contributed by atoms with van der Waals surface area (Å²) >= 11 is 1.45. The SMILES string of the molecule is Cc1csc(NC(=O)C2CC3CCC2CC32NC(=O)c3ccccc3O2)n1. The minimum absolute atomic E-state index is 0.0384. The number of aryl methyl sites for hydroxylation is 1. The van der Waals surface area contributed by atoms with Gasteiger partial charge in [0.15, 0.2) is 10.9 Å². The Morgan fingerprint density at radius 2 is 2.22 bits per heavy atom. The number of benzene rings is 1. The Kier molecular flexibility index (Phi) is 3.75. The lowest BCUT2D eigenvalue weighted by molar-refractivity contribution is -0.142. The molecule has 27 heavy (non-hydrogen) atoms. The van der Waals surface area contributed by atoms with Crippen molar-refractivity contribution in [3.63, 3.8) is 0 Å². The number of fused-ring (bicyclic) bond motifs is 3. The molecule has 2 bridgehead atoms. The largest absolute Gasteiger partial charge is 0.467 e. The maximum Gasteiger partial charge on any atom is 0.258 e. The van der Waals surface area contributed by atoms with Crippen molar-refractivity contribution in [2.45, 2.75) is 38.3 Å². The van der Waals surface area contributed by atoms with Gasteiger partial charge in [0.1, 0.15) is 5.75 Å². The molecule has 2 N–H and O–H groups in total. The van der Waals surface area contributed by atoms with Crippen LogP contribution in [0.4, 0.5) is 5.13 Å². The Labute approximate surface area is 161 Å². The number of carbonyl (C=O) groups is 2. The number of ether oxygens (including phenoxy) is 1. The number of nitrogens with zero attached hydrogens (tertiary/aromatic N) is 1. The molecule has 4 aliphatic rings. The van der Waals surface area contributed by atoms with Gasteiger partial charge in [0.2, 0.25) is 5.91 Å². The van der Waals surface area contributed by atoms with Crippen molar-refractivity contribution >= 4 is 28.3 Å². The molecule has 3 saturated carbocycles. The van der Waals surface area contributed by atoms with Gasteiger partial charge in [-0.2, -0.15) is 0 Å². The second-order valence-electron chi connectivity index (χ2n) is 7.81. The molecule has 3 aliphatic carbocycles. The molecule has 6 nitrogen and oxygen atoms in total. The number of aromatic nitrogens is 1. The molecule has 0 saturated heterocycles. The van der Waals surface area contributed by atoms with Crippen molar-refractivity contribution in [2.75, 3.05) is 5.32 Å². The van der Waals surface area contributed by atoms with E-state index < -0.39 is 5.72 Å². The molecular weight excluding hydrogens is 362 g/mol. The number of hydrogen-bond acceptors (Lipinski definition) is 5. The molecule has 2 heterocycles. The topological polar surface area (TPSA) is 80.3 Å². The van der Waals surface area contributed by atoms with Crippen LogP contribution in [0.2, 0.25) is 0 Å². The maximum absolute atomic E-state index is 12.8. The highest BCUT2D eigenvalue weighted by Gasteiger charge is 2.57. The van der Waals surface area contributed by atoms with Crippen LogP contribution in [0.3, 0.4) is 0 Å². The summed E-state index contributed by atoms with van der Waals surface area (Å²) in [4.78, 5) is 29.8. The monoisotopic (exact) mass is 383 g/mol. The summed E-state index contributed by atoms with van der Waals surface area (Å²) in [5.41, 5.74) is 0.817. The summed E-state index contributed by atoms with van der Waals surface area (Å²) in [6.07, 6.45) is 3.35. The highest BCUT2D eigenvalue weighted by Crippen LogP contribution is 2.52. The molecule has 3 fully saturated rings. The number of hydrogen-bond donors (Lipinski definition) is 2. The molecule has 2 aromatic rings. The Balaban J connectivity index is 1.36. The zero-order valence-corrected chi connectivity index (χ0v) is 15.8. The summed E-state index contributed by atoms with van der Waals surface area (Å²) in [5.74, 6) is 0.875. The van der Waals surface area contributed by atoms with Gasteiger partial charge >= 0.3 is 0 Å². The third kappa shape index (κ3) is 2.72. The molecule has 4 atom stereocenters. The van der Waals surface area contributed by atoms with E-state index in [0.717, 1.165) is 25.0 Å². The van der Waals surface area contributed by atoms with E-state index in [2.05, 4.69) is 15.6 Å². The highest BCUT2D eigenvalue weighted by atomic mass is 32.1. The molecule has 140 valence electrons. The Morgan fingerprint density at radius 1 is 1.37 bits per heavy atom. The fourth-order valence-corrected chi connectivity index (χ4v) is 5.58. The van der Waals surface area contributed by atoms with Gasteiger partial charge in [0, 0.05) is 23.6 Å². The zero-order valence-electron chi connectivity index (χ0n) is 15.0. The number of amides is 2. The summed E-state index contributed by atoms with van der Waals surface area (Å²) in [5, 5.41) is 8.69. The van der Waals surface area contributed by atoms with Crippen LogP contribution in [0.5, 0.6) is 5.75 Å². The second-order valence-corrected chi connectivity index (χ2v) is 8.66. The molecule has 2 amide bonds. The quantitative estimate of drug-likeness (QED) is 0.833. The van der Waals surface area contributed by atoms with Crippen LogP contribution in [-0.2, 0) is 4.79 Å². The smallest absolute Gasteiger partial charge is 0.258 e. The first-order chi connectivity index (χ1) is 13.0. The molecule has 0 radical (unpaired) electrons. The maximum atomic E-state index is 12.8. The standard InChI is InChI=1S/C20H21N3O3S/c1-11-10-27-19(21-11)22-17(24)15-8-13-7-6-12(15)9-20(13)23-18(25)14-4-2-3-5-16(14)26-20/h2-5,10,12-13,15H,6-9H2,1H3,(H,23,25)(H,21,22,24). The Bertz CT molecular complexity index is 927. The van der Waals surface area contributed by atoms with Crippen LogP contribution in [-0.4, -0.2) is 22.5 Å². The van der Waals surface area contributed by atoms with Crippen molar-refractivity contribution in [1.82, 2.24) is 10.3 Å². The first-order valence-electron chi connectivity index (χ1n) is 9.38. The number of carbonyl (C=O) groups excluding carboxylic acids is 2. The zero-order chi connectivity index (χ0) is 18.6. The summed E-state index contributed by atoms with van der Waals surface area (Å²) in [6.45, 7) is 1.92. The molecule has 1 aliphatic heterocycles. The molecule has 1 aromatic carbocycles. The van der Waals surface area contributed by atoms with E-state index in [4.69, 9.17) is 4.74 Å². The van der Waals surface area contributed by atoms with E-state index in [0.29, 0.717) is 22.9 Å². The van der Waals surface area contributed by atoms with Crippen LogP contribution in [0.25, 0.3) is 0 Å². The summed E-state index contributed by atoms with van der Waals surface area (Å²) in [7, 11) is 0. The summed E-state index contributed by atoms with van der Waals surface area (Å²) < 4.78 is 6.34. The molecule has 7 heteroatoms. The van der Waals surface area contributed by atoms with Gasteiger partial charge in [-0.05, 0) is 44.2 Å². The highest BCUT2D eigenvalue weighted by molar-refractivity contribution is 7.13. The average Bonchev–Trinajstić information content (AvgIpc) is 3.06. The van der Waals surface area contributed by atoms with Gasteiger partial charge in [0.05, 0.1) is 11.3 Å². The van der Waals surface area contributed by atoms with E-state index in [1.165, 1.54) is 11.3 Å². The van der Waals surface area contributed by atoms with E-state index in [1.807, 2.05) is 30.5 Å². The number of para-hydroxylation sites is 1. The van der Waals surface area contributed by atoms with Crippen molar-refractivity contribution < 1.29 is 14.3 Å². The van der Waals surface area contributed by atoms with E-state index in [1.54, 1.807) is 6.07 Å². The lowest BCUT2D eigenvalue weighted by Crippen LogP contribution is -2.66. The Hall–Kier alpha value is -2.41. The fraction of sp³-hybridized carbons (Fsp3) is 0.450. The van der Waals surface area contributed by atoms with Crippen LogP contribution in [0, 0.1) is 24.7 Å². The number of anilines is 1. The van der Waals surface area contributed by atoms with Crippen LogP contribution >= 0.6 is 11.3 Å². The molecule has 6 rings (SSSR count). The minimum Gasteiger partial charge on any atom is -0.467 e. The number of thiazole rings is 1. The van der Waals surface area contributed by atoms with Crippen LogP contribution < -0.4 is 15.4 Å². The third-order valence-electron chi connectivity index (χ3n) is 6.15. The van der Waals surface area contributed by atoms with Gasteiger partial charge < -0.3 is 15.4 Å². The van der Waals surface area contributed by atoms with Gasteiger partial charge in [0.25, 0.3) is 5.91 Å². The van der Waals surface area contributed by atoms with Crippen molar-refractivity contribution in [1.29, 1.82) is 0 Å². The van der Waals surface area contributed by atoms with Gasteiger partial charge in [-0.3, -0.25) is 9.59 Å². The van der Waals surface area contributed by atoms with Crippen molar-refractivity contribution in [2.24, 2.45) is 17.8 Å². The lowest BCUT2D eigenvalue weighted by atomic mass is 9.60. The van der Waals surface area contributed by atoms with Gasteiger partial charge in [-0.15, -0.1) is 11.3 Å². The van der Waals surface area contributed by atoms with Crippen LogP contribution in [0.1, 0.15) is 41.7 Å². The number of rotatable bonds is 2. The Morgan fingerprint density at radius 3 is 2.96 bits per heavy atom. The minimum atomic E-state index is -0.678. The van der Waals surface area contributed by atoms with Crippen molar-refractivity contribution in [3.05, 3.63) is 40.9 Å². The van der Waals surface area contributed by atoms with Gasteiger partial charge in [-0.25, -0.2) is 4.98 Å². The average molecular weight is 383 g/mol. The summed E-state index contributed by atoms with van der Waals surface area (Å²) in [6, 6.07) is 7.37. The van der Waals surface area contributed by atoms with Crippen molar-refractivity contribution in [3.8, 4) is 5.75 Å². The molecule has 4 unspecified atom stereocenters. The predicted molar refractivity (Wildman–Crippen MR) is 102 cm³/mol. The first-order valence-corrected chi connectivity index (χ1v) is 10.3. The third-order valence-corrected chi connectivity index (χ3v) is 7.03. The van der Waals surface area contributed by atoms with E-state index in [9.17, 15) is 9.59 Å². The van der Waals surface area contributed by atoms with E-state index >= 15 is 0 Å². The fourth-order valence-electron chi connectivity index (χ4n) is 4.89. The lowest BCUT2D eigenvalue weighted by Gasteiger charge is -2.55. The van der Waals surface area contributed by atoms with E-state index in [-0.39, 0.29) is 29.6 Å². The molecule has 1 aromatic heterocycles. The number of nitrogens with one attached hydrogen (secondary N) is 2. The van der Waals surface area contributed by atoms with Crippen LogP contribution in [0.15, 0.2) is 29.6 Å². The molecular formula is C20H21N3O3S. The molecule has 1 spiro atoms. The second kappa shape index (κ2) is 6.05. The van der Waals surface area contributed by atoms with Gasteiger partial charge in [-0.1, -0.05) is 12.1 Å². The predicted octanol–water partition coefficient (Wildman–Crippen LogP) is 3.34. The normalized spacial score (nSPS) is 31.1.